The second kappa shape index (κ2) is 8.53. The minimum atomic E-state index is -1.02. The first-order valence-corrected chi connectivity index (χ1v) is 10.9. The van der Waals surface area contributed by atoms with Crippen LogP contribution >= 0.6 is 0 Å². The van der Waals surface area contributed by atoms with E-state index in [1.54, 1.807) is 16.7 Å². The van der Waals surface area contributed by atoms with Gasteiger partial charge in [0, 0.05) is 24.4 Å². The van der Waals surface area contributed by atoms with Gasteiger partial charge >= 0.3 is 0 Å². The number of hydrogen-bond donors (Lipinski definition) is 2. The molecular formula is C25H19N5O5. The average molecular weight is 469 g/mol. The van der Waals surface area contributed by atoms with Crippen molar-refractivity contribution in [3.63, 3.8) is 0 Å². The molecule has 0 bridgehead atoms. The van der Waals surface area contributed by atoms with Crippen LogP contribution in [0.1, 0.15) is 55.2 Å². The molecule has 0 radical (unpaired) electrons. The number of aromatic nitrogens is 2. The number of piperidine rings is 1. The number of imidazole rings is 1. The van der Waals surface area contributed by atoms with E-state index in [1.807, 2.05) is 25.3 Å². The number of hydrogen-bond acceptors (Lipinski definition) is 6. The molecule has 5 amide bonds. The van der Waals surface area contributed by atoms with Crippen molar-refractivity contribution in [2.75, 3.05) is 6.54 Å². The number of nitrogens with one attached hydrogen (secondary N) is 2. The van der Waals surface area contributed by atoms with Gasteiger partial charge in [-0.05, 0) is 49.2 Å². The summed E-state index contributed by atoms with van der Waals surface area (Å²) in [5, 5.41) is 4.85. The van der Waals surface area contributed by atoms with Crippen molar-refractivity contribution in [1.82, 2.24) is 24.9 Å². The lowest BCUT2D eigenvalue weighted by Crippen LogP contribution is -2.54. The van der Waals surface area contributed by atoms with Crippen LogP contribution in [0.4, 0.5) is 0 Å². The summed E-state index contributed by atoms with van der Waals surface area (Å²) < 4.78 is 1.76. The van der Waals surface area contributed by atoms with Crippen molar-refractivity contribution in [1.29, 1.82) is 0 Å². The Morgan fingerprint density at radius 2 is 1.94 bits per heavy atom. The molecule has 2 aromatic heterocycles. The van der Waals surface area contributed by atoms with Gasteiger partial charge in [0.1, 0.15) is 17.4 Å². The third kappa shape index (κ3) is 4.04. The summed E-state index contributed by atoms with van der Waals surface area (Å²) in [6.07, 6.45) is 3.61. The normalized spacial score (nSPS) is 17.2. The van der Waals surface area contributed by atoms with Crippen molar-refractivity contribution in [3.05, 3.63) is 70.7 Å². The van der Waals surface area contributed by atoms with Gasteiger partial charge in [-0.1, -0.05) is 11.8 Å². The predicted molar refractivity (Wildman–Crippen MR) is 122 cm³/mol. The van der Waals surface area contributed by atoms with E-state index in [0.717, 1.165) is 10.5 Å². The molecular weight excluding hydrogens is 450 g/mol. The highest BCUT2D eigenvalue weighted by atomic mass is 16.2. The molecule has 1 atom stereocenters. The molecule has 2 N–H and O–H groups in total. The van der Waals surface area contributed by atoms with Crippen molar-refractivity contribution in [2.45, 2.75) is 25.8 Å². The van der Waals surface area contributed by atoms with Crippen molar-refractivity contribution in [2.24, 2.45) is 0 Å². The molecule has 1 fully saturated rings. The topological polar surface area (TPSA) is 130 Å². The van der Waals surface area contributed by atoms with E-state index < -0.39 is 29.7 Å². The van der Waals surface area contributed by atoms with E-state index >= 15 is 0 Å². The number of aryl methyl sites for hydroxylation is 1. The maximum absolute atomic E-state index is 12.9. The van der Waals surface area contributed by atoms with E-state index in [0.29, 0.717) is 11.2 Å². The Hall–Kier alpha value is -4.78. The number of fused-ring (bicyclic) bond motifs is 2. The Morgan fingerprint density at radius 1 is 1.14 bits per heavy atom. The van der Waals surface area contributed by atoms with Crippen LogP contribution in [0.3, 0.4) is 0 Å². The highest BCUT2D eigenvalue weighted by molar-refractivity contribution is 6.23. The van der Waals surface area contributed by atoms with E-state index in [4.69, 9.17) is 0 Å². The van der Waals surface area contributed by atoms with Crippen molar-refractivity contribution in [3.8, 4) is 11.8 Å². The molecule has 35 heavy (non-hydrogen) atoms. The first-order valence-electron chi connectivity index (χ1n) is 10.9. The van der Waals surface area contributed by atoms with E-state index in [9.17, 15) is 24.0 Å². The van der Waals surface area contributed by atoms with Crippen LogP contribution in [0, 0.1) is 18.8 Å². The number of benzene rings is 1. The molecule has 10 heteroatoms. The highest BCUT2D eigenvalue weighted by Gasteiger charge is 2.44. The van der Waals surface area contributed by atoms with Gasteiger partial charge in [-0.25, -0.2) is 4.98 Å². The fraction of sp³-hybridized carbons (Fsp3) is 0.200. The van der Waals surface area contributed by atoms with E-state index in [-0.39, 0.29) is 42.1 Å². The van der Waals surface area contributed by atoms with Crippen molar-refractivity contribution < 1.29 is 24.0 Å². The first-order chi connectivity index (χ1) is 16.8. The van der Waals surface area contributed by atoms with Crippen LogP contribution < -0.4 is 10.6 Å². The summed E-state index contributed by atoms with van der Waals surface area (Å²) >= 11 is 0. The van der Waals surface area contributed by atoms with Gasteiger partial charge in [0.15, 0.2) is 0 Å². The average Bonchev–Trinajstić information content (AvgIpc) is 3.35. The molecule has 0 spiro atoms. The van der Waals surface area contributed by atoms with Gasteiger partial charge in [0.2, 0.25) is 11.8 Å². The third-order valence-electron chi connectivity index (χ3n) is 5.86. The third-order valence-corrected chi connectivity index (χ3v) is 5.86. The number of imide groups is 2. The summed E-state index contributed by atoms with van der Waals surface area (Å²) in [4.78, 5) is 66.8. The van der Waals surface area contributed by atoms with Gasteiger partial charge in [-0.2, -0.15) is 0 Å². The maximum atomic E-state index is 12.9. The first kappa shape index (κ1) is 22.0. The summed E-state index contributed by atoms with van der Waals surface area (Å²) in [5.41, 5.74) is 2.79. The molecule has 1 unspecified atom stereocenters. The number of pyridine rings is 1. The predicted octanol–water partition coefficient (Wildman–Crippen LogP) is 0.825. The zero-order valence-electron chi connectivity index (χ0n) is 18.6. The minimum absolute atomic E-state index is 0.0537. The summed E-state index contributed by atoms with van der Waals surface area (Å²) in [6, 6.07) is 7.34. The number of carbonyl (C=O) groups is 5. The number of amides is 5. The lowest BCUT2D eigenvalue weighted by molar-refractivity contribution is -0.136. The molecule has 174 valence electrons. The number of carbonyl (C=O) groups excluding carboxylic acids is 5. The van der Waals surface area contributed by atoms with Gasteiger partial charge in [-0.15, -0.1) is 0 Å². The van der Waals surface area contributed by atoms with Crippen LogP contribution in [-0.4, -0.2) is 56.4 Å². The lowest BCUT2D eigenvalue weighted by atomic mass is 10.0. The molecule has 4 heterocycles. The zero-order chi connectivity index (χ0) is 24.7. The fourth-order valence-corrected chi connectivity index (χ4v) is 4.10. The van der Waals surface area contributed by atoms with Crippen LogP contribution in [-0.2, 0) is 9.59 Å². The molecule has 5 rings (SSSR count). The van der Waals surface area contributed by atoms with Crippen LogP contribution in [0.25, 0.3) is 5.65 Å². The Morgan fingerprint density at radius 3 is 2.74 bits per heavy atom. The van der Waals surface area contributed by atoms with Gasteiger partial charge in [0.25, 0.3) is 17.7 Å². The summed E-state index contributed by atoms with van der Waals surface area (Å²) in [7, 11) is 0. The fourth-order valence-electron chi connectivity index (χ4n) is 4.10. The molecule has 2 aliphatic heterocycles. The lowest BCUT2D eigenvalue weighted by Gasteiger charge is -2.27. The summed E-state index contributed by atoms with van der Waals surface area (Å²) in [6.45, 7) is 2.00. The molecule has 3 aromatic rings. The molecule has 0 aliphatic carbocycles. The van der Waals surface area contributed by atoms with Crippen molar-refractivity contribution >= 4 is 35.2 Å². The smallest absolute Gasteiger partial charge is 0.272 e. The second-order valence-corrected chi connectivity index (χ2v) is 8.29. The number of rotatable bonds is 3. The van der Waals surface area contributed by atoms with Gasteiger partial charge in [-0.3, -0.25) is 34.2 Å². The molecule has 1 aromatic carbocycles. The van der Waals surface area contributed by atoms with Gasteiger partial charge in [0.05, 0.1) is 17.7 Å². The molecule has 0 saturated carbocycles. The second-order valence-electron chi connectivity index (χ2n) is 8.29. The maximum Gasteiger partial charge on any atom is 0.272 e. The highest BCUT2D eigenvalue weighted by Crippen LogP contribution is 2.28. The largest absolute Gasteiger partial charge is 0.340 e. The zero-order valence-corrected chi connectivity index (χ0v) is 18.6. The molecule has 1 saturated heterocycles. The molecule has 2 aliphatic rings. The SMILES string of the molecule is Cc1ccn2cc(C(=O)NCC#Cc3ccc4c(c3)C(=O)N(C3CCC(=O)NC3=O)C4=O)nc2c1. The van der Waals surface area contributed by atoms with Crippen LogP contribution in [0.15, 0.2) is 42.7 Å². The Kier molecular flexibility index (Phi) is 5.37. The number of nitrogens with zero attached hydrogens (tertiary/aromatic N) is 3. The van der Waals surface area contributed by atoms with Gasteiger partial charge < -0.3 is 9.72 Å². The minimum Gasteiger partial charge on any atom is -0.340 e. The monoisotopic (exact) mass is 469 g/mol. The standard InChI is InChI=1S/C25H19N5O5/c1-14-8-10-29-13-18(27-20(29)11-14)22(32)26-9-2-3-15-4-5-16-17(12-15)25(35)30(24(16)34)19-6-7-21(31)28-23(19)33/h4-5,8,10-13,19H,6-7,9H2,1H3,(H,26,32)(H,28,31,33). The van der Waals surface area contributed by atoms with E-state index in [1.165, 1.54) is 12.1 Å². The Balaban J connectivity index is 1.26. The van der Waals surface area contributed by atoms with E-state index in [2.05, 4.69) is 27.5 Å². The Labute approximate surface area is 199 Å². The summed E-state index contributed by atoms with van der Waals surface area (Å²) in [5.74, 6) is 3.06. The Bertz CT molecular complexity index is 1510. The van der Waals surface area contributed by atoms with Crippen LogP contribution in [0.5, 0.6) is 0 Å². The molecule has 10 nitrogen and oxygen atoms in total. The quantitative estimate of drug-likeness (QED) is 0.432. The van der Waals surface area contributed by atoms with Crippen LogP contribution in [0.2, 0.25) is 0 Å².